The Morgan fingerprint density at radius 2 is 1.44 bits per heavy atom. The van der Waals surface area contributed by atoms with Crippen LogP contribution < -0.4 is 20.9 Å². The minimum Gasteiger partial charge on any atom is -0.393 e. The second-order valence-electron chi connectivity index (χ2n) is 9.64. The van der Waals surface area contributed by atoms with Crippen LogP contribution in [0.2, 0.25) is 5.02 Å². The molecule has 3 aromatic carbocycles. The van der Waals surface area contributed by atoms with E-state index in [1.54, 1.807) is 30.5 Å². The van der Waals surface area contributed by atoms with Gasteiger partial charge in [-0.05, 0) is 85.6 Å². The van der Waals surface area contributed by atoms with Gasteiger partial charge in [0.25, 0.3) is 11.8 Å². The van der Waals surface area contributed by atoms with Crippen LogP contribution >= 0.6 is 11.6 Å². The average molecular weight is 544 g/mol. The molecule has 8 nitrogen and oxygen atoms in total. The smallest absolute Gasteiger partial charge is 0.257 e. The highest BCUT2D eigenvalue weighted by Gasteiger charge is 2.17. The lowest BCUT2D eigenvalue weighted by Crippen LogP contribution is -2.35. The molecule has 5 rings (SSSR count). The fourth-order valence-corrected chi connectivity index (χ4v) is 4.71. The van der Waals surface area contributed by atoms with Gasteiger partial charge in [-0.3, -0.25) is 9.59 Å². The van der Waals surface area contributed by atoms with Gasteiger partial charge >= 0.3 is 0 Å². The van der Waals surface area contributed by atoms with E-state index in [1.165, 1.54) is 0 Å². The minimum absolute atomic E-state index is 0.187. The zero-order chi connectivity index (χ0) is 27.4. The third-order valence-electron chi connectivity index (χ3n) is 6.70. The summed E-state index contributed by atoms with van der Waals surface area (Å²) in [7, 11) is 1.86. The van der Waals surface area contributed by atoms with Gasteiger partial charge < -0.3 is 30.5 Å². The van der Waals surface area contributed by atoms with Crippen LogP contribution in [0.1, 0.15) is 33.6 Å². The lowest BCUT2D eigenvalue weighted by Gasteiger charge is -2.31. The van der Waals surface area contributed by atoms with Crippen molar-refractivity contribution in [1.82, 2.24) is 4.57 Å². The zero-order valence-electron chi connectivity index (χ0n) is 21.5. The molecule has 1 aromatic heterocycles. The molecular formula is C30H30ClN5O3. The first kappa shape index (κ1) is 26.3. The van der Waals surface area contributed by atoms with Crippen molar-refractivity contribution in [2.75, 3.05) is 33.9 Å². The van der Waals surface area contributed by atoms with Gasteiger partial charge in [-0.1, -0.05) is 11.6 Å². The monoisotopic (exact) mass is 543 g/mol. The number of carbonyl (C=O) groups is 2. The molecule has 0 aliphatic carbocycles. The summed E-state index contributed by atoms with van der Waals surface area (Å²) in [6.07, 6.45) is 4.87. The summed E-state index contributed by atoms with van der Waals surface area (Å²) in [5, 5.41) is 19.2. The first-order valence-corrected chi connectivity index (χ1v) is 13.2. The number of rotatable bonds is 7. The number of halogens is 1. The van der Waals surface area contributed by atoms with Crippen molar-refractivity contribution in [3.63, 3.8) is 0 Å². The number of amides is 2. The summed E-state index contributed by atoms with van der Waals surface area (Å²) in [6.45, 7) is 1.63. The van der Waals surface area contributed by atoms with Crippen LogP contribution in [0, 0.1) is 0 Å². The summed E-state index contributed by atoms with van der Waals surface area (Å²) in [6, 6.07) is 21.9. The molecule has 0 atom stereocenters. The summed E-state index contributed by atoms with van der Waals surface area (Å²) in [4.78, 5) is 27.3. The number of anilines is 5. The lowest BCUT2D eigenvalue weighted by atomic mass is 10.1. The Kier molecular flexibility index (Phi) is 7.86. The number of carbonyl (C=O) groups excluding carboxylic acids is 2. The Hall–Kier alpha value is -4.27. The van der Waals surface area contributed by atoms with Crippen molar-refractivity contribution in [3.8, 4) is 0 Å². The molecule has 0 bridgehead atoms. The van der Waals surface area contributed by atoms with Crippen LogP contribution in [0.5, 0.6) is 0 Å². The summed E-state index contributed by atoms with van der Waals surface area (Å²) in [5.41, 5.74) is 4.95. The molecule has 2 heterocycles. The highest BCUT2D eigenvalue weighted by molar-refractivity contribution is 6.33. The molecule has 1 aliphatic rings. The zero-order valence-corrected chi connectivity index (χ0v) is 22.3. The number of nitrogens with one attached hydrogen (secondary N) is 3. The molecule has 1 aliphatic heterocycles. The van der Waals surface area contributed by atoms with Crippen LogP contribution in [0.15, 0.2) is 85.2 Å². The van der Waals surface area contributed by atoms with Gasteiger partial charge in [0.2, 0.25) is 0 Å². The maximum atomic E-state index is 12.7. The highest BCUT2D eigenvalue weighted by Crippen LogP contribution is 2.29. The van der Waals surface area contributed by atoms with Gasteiger partial charge in [-0.2, -0.15) is 0 Å². The summed E-state index contributed by atoms with van der Waals surface area (Å²) < 4.78 is 1.81. The van der Waals surface area contributed by atoms with Crippen LogP contribution in [0.25, 0.3) is 0 Å². The highest BCUT2D eigenvalue weighted by atomic mass is 35.5. The molecule has 0 spiro atoms. The van der Waals surface area contributed by atoms with E-state index in [4.69, 9.17) is 11.6 Å². The Morgan fingerprint density at radius 3 is 2.08 bits per heavy atom. The Labute approximate surface area is 232 Å². The van der Waals surface area contributed by atoms with Crippen molar-refractivity contribution >= 4 is 51.9 Å². The van der Waals surface area contributed by atoms with Gasteiger partial charge in [0.05, 0.1) is 22.4 Å². The van der Waals surface area contributed by atoms with Crippen molar-refractivity contribution in [3.05, 3.63) is 101 Å². The number of nitrogens with zero attached hydrogens (tertiary/aromatic N) is 2. The molecule has 0 unspecified atom stereocenters. The van der Waals surface area contributed by atoms with Crippen molar-refractivity contribution in [2.45, 2.75) is 18.9 Å². The third kappa shape index (κ3) is 6.60. The minimum atomic E-state index is -0.218. The number of aliphatic hydroxyl groups is 1. The first-order chi connectivity index (χ1) is 18.8. The topological polar surface area (TPSA) is 98.6 Å². The van der Waals surface area contributed by atoms with E-state index in [0.29, 0.717) is 33.2 Å². The maximum absolute atomic E-state index is 12.7. The molecule has 1 fully saturated rings. The van der Waals surface area contributed by atoms with E-state index < -0.39 is 0 Å². The summed E-state index contributed by atoms with van der Waals surface area (Å²) >= 11 is 6.46. The molecule has 2 amide bonds. The molecular weight excluding hydrogens is 514 g/mol. The van der Waals surface area contributed by atoms with Crippen LogP contribution in [0.4, 0.5) is 28.4 Å². The number of piperidine rings is 1. The van der Waals surface area contributed by atoms with Crippen molar-refractivity contribution in [2.24, 2.45) is 7.05 Å². The quantitative estimate of drug-likeness (QED) is 0.233. The number of benzene rings is 3. The molecule has 1 saturated heterocycles. The Bertz CT molecular complexity index is 1460. The second kappa shape index (κ2) is 11.6. The average Bonchev–Trinajstić information content (AvgIpc) is 3.38. The van der Waals surface area contributed by atoms with E-state index in [-0.39, 0.29) is 17.9 Å². The summed E-state index contributed by atoms with van der Waals surface area (Å²) in [5.74, 6) is -0.392. The van der Waals surface area contributed by atoms with Crippen molar-refractivity contribution < 1.29 is 14.7 Å². The van der Waals surface area contributed by atoms with Gasteiger partial charge in [0, 0.05) is 60.8 Å². The fraction of sp³-hybridized carbons (Fsp3) is 0.200. The van der Waals surface area contributed by atoms with Crippen LogP contribution in [-0.2, 0) is 7.05 Å². The number of aliphatic hydroxyl groups excluding tert-OH is 1. The van der Waals surface area contributed by atoms with E-state index in [2.05, 4.69) is 20.9 Å². The number of hydrogen-bond acceptors (Lipinski definition) is 5. The van der Waals surface area contributed by atoms with Crippen LogP contribution in [0.3, 0.4) is 0 Å². The standard InChI is InChI=1S/C30H30ClN5O3/c1-35-15-12-21(19-35)30(39)34-24-8-11-28(27(31)18-24)32-22-4-6-23(7-5-22)33-29(38)20-2-9-25(10-3-20)36-16-13-26(37)14-17-36/h2-12,15,18-19,26,32,37H,13-14,16-17H2,1H3,(H,33,38)(H,34,39). The predicted octanol–water partition coefficient (Wildman–Crippen LogP) is 5.89. The largest absolute Gasteiger partial charge is 0.393 e. The molecule has 200 valence electrons. The van der Waals surface area contributed by atoms with Crippen LogP contribution in [-0.4, -0.2) is 40.7 Å². The van der Waals surface area contributed by atoms with E-state index >= 15 is 0 Å². The molecule has 0 saturated carbocycles. The lowest BCUT2D eigenvalue weighted by molar-refractivity contribution is 0.101. The molecule has 4 N–H and O–H groups in total. The molecule has 4 aromatic rings. The molecule has 9 heteroatoms. The maximum Gasteiger partial charge on any atom is 0.257 e. The van der Waals surface area contributed by atoms with Gasteiger partial charge in [0.15, 0.2) is 0 Å². The Morgan fingerprint density at radius 1 is 0.821 bits per heavy atom. The van der Waals surface area contributed by atoms with E-state index in [1.807, 2.05) is 66.3 Å². The number of hydrogen-bond donors (Lipinski definition) is 4. The van der Waals surface area contributed by atoms with Gasteiger partial charge in [0.1, 0.15) is 0 Å². The third-order valence-corrected chi connectivity index (χ3v) is 7.01. The second-order valence-corrected chi connectivity index (χ2v) is 10.0. The normalized spacial score (nSPS) is 13.7. The number of aryl methyl sites for hydroxylation is 1. The first-order valence-electron chi connectivity index (χ1n) is 12.8. The van der Waals surface area contributed by atoms with E-state index in [9.17, 15) is 14.7 Å². The van der Waals surface area contributed by atoms with E-state index in [0.717, 1.165) is 37.3 Å². The fourth-order valence-electron chi connectivity index (χ4n) is 4.48. The number of aromatic nitrogens is 1. The molecule has 39 heavy (non-hydrogen) atoms. The predicted molar refractivity (Wildman–Crippen MR) is 156 cm³/mol. The van der Waals surface area contributed by atoms with Gasteiger partial charge in [-0.15, -0.1) is 0 Å². The van der Waals surface area contributed by atoms with Gasteiger partial charge in [-0.25, -0.2) is 0 Å². The Balaban J connectivity index is 1.16. The molecule has 0 radical (unpaired) electrons. The van der Waals surface area contributed by atoms with Crippen molar-refractivity contribution in [1.29, 1.82) is 0 Å². The SMILES string of the molecule is Cn1ccc(C(=O)Nc2ccc(Nc3ccc(NC(=O)c4ccc(N5CCC(O)CC5)cc4)cc3)c(Cl)c2)c1.